The van der Waals surface area contributed by atoms with E-state index in [4.69, 9.17) is 13.9 Å². The maximum absolute atomic E-state index is 6.75. The van der Waals surface area contributed by atoms with Crippen LogP contribution in [0.15, 0.2) is 36.0 Å². The molecule has 5 atom stereocenters. The lowest BCUT2D eigenvalue weighted by atomic mass is 9.94. The molecule has 0 unspecified atom stereocenters. The largest absolute Gasteiger partial charge is 0.417 e. The summed E-state index contributed by atoms with van der Waals surface area (Å²) in [4.78, 5) is 0. The molecular weight excluding hydrogens is 513 g/mol. The molecule has 2 saturated heterocycles. The second-order valence-electron chi connectivity index (χ2n) is 12.9. The van der Waals surface area contributed by atoms with E-state index in [2.05, 4.69) is 91.9 Å². The molecule has 3 nitrogen and oxygen atoms in total. The van der Waals surface area contributed by atoms with Crippen molar-refractivity contribution < 1.29 is 13.9 Å². The van der Waals surface area contributed by atoms with E-state index in [1.165, 1.54) is 29.9 Å². The van der Waals surface area contributed by atoms with Gasteiger partial charge in [-0.25, -0.2) is 0 Å². The van der Waals surface area contributed by atoms with E-state index in [0.717, 1.165) is 25.9 Å². The quantitative estimate of drug-likeness (QED) is 0.173. The first kappa shape index (κ1) is 33.2. The Hall–Kier alpha value is 0.0169. The van der Waals surface area contributed by atoms with Crippen LogP contribution < -0.4 is 0 Å². The molecule has 2 rings (SSSR count). The van der Waals surface area contributed by atoms with Gasteiger partial charge in [0.05, 0.1) is 12.2 Å². The van der Waals surface area contributed by atoms with Gasteiger partial charge in [-0.1, -0.05) is 71.9 Å². The van der Waals surface area contributed by atoms with E-state index in [0.29, 0.717) is 17.8 Å². The summed E-state index contributed by atoms with van der Waals surface area (Å²) in [6.45, 7) is 21.6. The molecule has 2 aliphatic heterocycles. The van der Waals surface area contributed by atoms with Crippen molar-refractivity contribution in [2.24, 2.45) is 17.8 Å². The summed E-state index contributed by atoms with van der Waals surface area (Å²) in [7, 11) is 0.166. The minimum Gasteiger partial charge on any atom is -0.417 e. The number of rotatable bonds is 12. The van der Waals surface area contributed by atoms with E-state index in [1.807, 2.05) is 30.6 Å². The van der Waals surface area contributed by atoms with Gasteiger partial charge in [0, 0.05) is 26.1 Å². The Morgan fingerprint density at radius 3 is 2.41 bits per heavy atom. The third-order valence-corrected chi connectivity index (χ3v) is 16.3. The van der Waals surface area contributed by atoms with Gasteiger partial charge in [-0.2, -0.15) is 0 Å². The molecule has 0 aromatic heterocycles. The van der Waals surface area contributed by atoms with Crippen LogP contribution in [-0.4, -0.2) is 50.0 Å². The molecule has 1 spiro atoms. The first-order valence-corrected chi connectivity index (χ1v) is 19.3. The Bertz CT molecular complexity index is 765. The van der Waals surface area contributed by atoms with Crippen LogP contribution in [0.4, 0.5) is 0 Å². The number of ether oxygens (including phenoxy) is 2. The zero-order chi connectivity index (χ0) is 27.7. The Morgan fingerprint density at radius 1 is 1.11 bits per heavy atom. The number of methoxy groups -OCH3 is 1. The average Bonchev–Trinajstić information content (AvgIpc) is 2.83. The van der Waals surface area contributed by atoms with Gasteiger partial charge in [0.2, 0.25) is 0 Å². The number of thioether (sulfide) groups is 2. The predicted molar refractivity (Wildman–Crippen MR) is 169 cm³/mol. The van der Waals surface area contributed by atoms with Crippen LogP contribution in [-0.2, 0) is 13.9 Å². The molecule has 37 heavy (non-hydrogen) atoms. The molecule has 0 radical (unpaired) electrons. The van der Waals surface area contributed by atoms with Gasteiger partial charge < -0.3 is 13.9 Å². The Labute approximate surface area is 239 Å². The molecular formula is C31H56O3S2Si. The maximum Gasteiger partial charge on any atom is 0.191 e. The molecule has 0 saturated carbocycles. The highest BCUT2D eigenvalue weighted by atomic mass is 32.2. The molecule has 6 heteroatoms. The predicted octanol–water partition coefficient (Wildman–Crippen LogP) is 9.47. The van der Waals surface area contributed by atoms with Gasteiger partial charge in [-0.05, 0) is 79.7 Å². The van der Waals surface area contributed by atoms with Gasteiger partial charge >= 0.3 is 0 Å². The number of allylic oxidation sites excluding steroid dienone is 5. The van der Waals surface area contributed by atoms with Crippen LogP contribution >= 0.6 is 23.5 Å². The van der Waals surface area contributed by atoms with Crippen LogP contribution in [0.25, 0.3) is 0 Å². The lowest BCUT2D eigenvalue weighted by Crippen LogP contribution is -2.44. The van der Waals surface area contributed by atoms with Crippen molar-refractivity contribution in [1.29, 1.82) is 0 Å². The van der Waals surface area contributed by atoms with Crippen molar-refractivity contribution in [2.75, 3.05) is 25.2 Å². The van der Waals surface area contributed by atoms with Gasteiger partial charge in [-0.3, -0.25) is 0 Å². The molecule has 0 aromatic rings. The summed E-state index contributed by atoms with van der Waals surface area (Å²) >= 11 is 4.06. The van der Waals surface area contributed by atoms with E-state index in [1.54, 1.807) is 0 Å². The van der Waals surface area contributed by atoms with Crippen molar-refractivity contribution in [3.63, 3.8) is 0 Å². The topological polar surface area (TPSA) is 27.7 Å². The zero-order valence-corrected chi connectivity index (χ0v) is 28.1. The highest BCUT2D eigenvalue weighted by Crippen LogP contribution is 2.53. The minimum atomic E-state index is -1.66. The molecule has 2 aliphatic rings. The fourth-order valence-corrected chi connectivity index (χ4v) is 9.27. The average molecular weight is 569 g/mol. The Morgan fingerprint density at radius 2 is 1.78 bits per heavy atom. The number of hydrogen-bond donors (Lipinski definition) is 0. The highest BCUT2D eigenvalue weighted by Gasteiger charge is 2.45. The van der Waals surface area contributed by atoms with Crippen LogP contribution in [0, 0.1) is 17.8 Å². The summed E-state index contributed by atoms with van der Waals surface area (Å²) in [6, 6.07) is 0. The lowest BCUT2D eigenvalue weighted by Gasteiger charge is -2.47. The summed E-state index contributed by atoms with van der Waals surface area (Å²) in [5.74, 6) is 4.15. The summed E-state index contributed by atoms with van der Waals surface area (Å²) in [5, 5.41) is 0.272. The second kappa shape index (κ2) is 15.1. The standard InChI is InChI=1S/C31H56O3S2Si/c1-24(21-25(2)23-33-37(9,10)30(5,6)7)15-12-11-13-16-26(3)29(32-8)22-28-18-17-27(4)31(34-28)35-19-14-20-36-31/h11-13,15-16,24-25,27-29H,14,17-23H2,1-10H3/b13-11+,15-12+,26-16+/t24-,25-,27-,28+,29+/m1/s1. The Balaban J connectivity index is 1.80. The minimum absolute atomic E-state index is 0.0349. The van der Waals surface area contributed by atoms with Crippen molar-refractivity contribution in [3.8, 4) is 0 Å². The molecule has 0 aromatic carbocycles. The third kappa shape index (κ3) is 10.5. The second-order valence-corrected chi connectivity index (χ2v) is 20.6. The van der Waals surface area contributed by atoms with Gasteiger partial charge in [0.1, 0.15) is 0 Å². The fourth-order valence-electron chi connectivity index (χ4n) is 4.76. The molecule has 214 valence electrons. The van der Waals surface area contributed by atoms with Crippen molar-refractivity contribution in [2.45, 2.75) is 115 Å². The van der Waals surface area contributed by atoms with Crippen LogP contribution in [0.3, 0.4) is 0 Å². The fraction of sp³-hybridized carbons (Fsp3) is 0.806. The van der Waals surface area contributed by atoms with Crippen molar-refractivity contribution in [3.05, 3.63) is 36.0 Å². The molecule has 0 amide bonds. The molecule has 2 heterocycles. The van der Waals surface area contributed by atoms with Crippen LogP contribution in [0.1, 0.15) is 80.6 Å². The van der Waals surface area contributed by atoms with Crippen molar-refractivity contribution in [1.82, 2.24) is 0 Å². The normalized spacial score (nSPS) is 26.2. The zero-order valence-electron chi connectivity index (χ0n) is 25.5. The summed E-state index contributed by atoms with van der Waals surface area (Å²) in [6.07, 6.45) is 17.1. The smallest absolute Gasteiger partial charge is 0.191 e. The Kier molecular flexibility index (Phi) is 13.6. The van der Waals surface area contributed by atoms with Crippen LogP contribution in [0.5, 0.6) is 0 Å². The highest BCUT2D eigenvalue weighted by molar-refractivity contribution is 8.18. The van der Waals surface area contributed by atoms with Gasteiger partial charge in [0.25, 0.3) is 0 Å². The summed E-state index contributed by atoms with van der Waals surface area (Å²) < 4.78 is 19.0. The molecule has 0 bridgehead atoms. The SMILES string of the molecule is CO[C@@H](C[C@@H]1CC[C@@H](C)C2(O1)SCCCS2)/C(C)=C/C=C/C=C/[C@@H](C)C[C@@H](C)CO[Si](C)(C)C(C)(C)C. The van der Waals surface area contributed by atoms with E-state index < -0.39 is 8.32 Å². The molecule has 2 fully saturated rings. The monoisotopic (exact) mass is 568 g/mol. The van der Waals surface area contributed by atoms with Crippen LogP contribution in [0.2, 0.25) is 18.1 Å². The van der Waals surface area contributed by atoms with Gasteiger partial charge in [-0.15, -0.1) is 23.5 Å². The molecule has 0 aliphatic carbocycles. The number of hydrogen-bond acceptors (Lipinski definition) is 5. The lowest BCUT2D eigenvalue weighted by molar-refractivity contribution is -0.0705. The summed E-state index contributed by atoms with van der Waals surface area (Å²) in [5.41, 5.74) is 1.26. The third-order valence-electron chi connectivity index (χ3n) is 8.35. The van der Waals surface area contributed by atoms with E-state index in [-0.39, 0.29) is 21.5 Å². The van der Waals surface area contributed by atoms with E-state index >= 15 is 0 Å². The first-order valence-electron chi connectivity index (χ1n) is 14.4. The first-order chi connectivity index (χ1) is 17.3. The maximum atomic E-state index is 6.75. The van der Waals surface area contributed by atoms with Crippen molar-refractivity contribution >= 4 is 31.8 Å². The molecule has 0 N–H and O–H groups in total. The van der Waals surface area contributed by atoms with E-state index in [9.17, 15) is 0 Å². The van der Waals surface area contributed by atoms with Gasteiger partial charge in [0.15, 0.2) is 12.6 Å².